The number of likely N-dealkylation sites (tertiary alicyclic amines) is 2. The Bertz CT molecular complexity index is 1160. The molecule has 1 aliphatic carbocycles. The third-order valence-corrected chi connectivity index (χ3v) is 10.5. The van der Waals surface area contributed by atoms with Gasteiger partial charge in [0.1, 0.15) is 12.1 Å². The summed E-state index contributed by atoms with van der Waals surface area (Å²) in [4.78, 5) is 41.5. The second kappa shape index (κ2) is 14.0. The van der Waals surface area contributed by atoms with E-state index in [-0.39, 0.29) is 50.5 Å². The molecule has 1 amide bonds. The van der Waals surface area contributed by atoms with Gasteiger partial charge in [-0.1, -0.05) is 30.3 Å². The Morgan fingerprint density at radius 3 is 2.24 bits per heavy atom. The van der Waals surface area contributed by atoms with E-state index < -0.39 is 45.4 Å². The molecule has 4 rings (SSSR count). The summed E-state index contributed by atoms with van der Waals surface area (Å²) in [6, 6.07) is 8.02. The van der Waals surface area contributed by atoms with Crippen LogP contribution in [0.3, 0.4) is 0 Å². The van der Waals surface area contributed by atoms with Gasteiger partial charge in [-0.2, -0.15) is 0 Å². The van der Waals surface area contributed by atoms with Crippen LogP contribution in [0, 0.1) is 17.8 Å². The number of carbonyl (C=O) groups excluding carboxylic acids is 3. The number of nitrogens with zero attached hydrogens (tertiary/aromatic N) is 2. The van der Waals surface area contributed by atoms with Crippen LogP contribution in [-0.4, -0.2) is 93.5 Å². The number of rotatable bonds is 10. The van der Waals surface area contributed by atoms with E-state index in [4.69, 9.17) is 14.2 Å². The second-order valence-corrected chi connectivity index (χ2v) is 13.3. The number of benzene rings is 1. The predicted octanol–water partition coefficient (Wildman–Crippen LogP) is 2.55. The molecule has 2 saturated heterocycles. The number of amides is 1. The van der Waals surface area contributed by atoms with Crippen LogP contribution in [-0.2, 0) is 40.4 Å². The lowest BCUT2D eigenvalue weighted by atomic mass is 9.69. The average molecular weight is 594 g/mol. The van der Waals surface area contributed by atoms with Crippen LogP contribution in [0.2, 0.25) is 0 Å². The molecule has 0 spiro atoms. The number of piperidine rings is 1. The smallest absolute Gasteiger partial charge is 0.410 e. The summed E-state index contributed by atoms with van der Waals surface area (Å²) in [5.74, 6) is -0.142. The minimum atomic E-state index is -3.67. The largest absolute Gasteiger partial charge is 0.465 e. The standard InChI is InChI=1S/C29H43N3O8S/c1-4-39-27(33)25-15-24(41(36,37)30-16-20-9-7-6-8-10-20)19-31(25)17-21-11-12-22-18-32(29(35)38-3)26(14-23(22)13-21)28(34)40-5-2/h6-10,21-26,30H,4-5,11-19H2,1-3H3. The molecule has 41 heavy (non-hydrogen) atoms. The Kier molecular flexibility index (Phi) is 10.6. The van der Waals surface area contributed by atoms with Crippen LogP contribution in [0.1, 0.15) is 51.5 Å². The number of carbonyl (C=O) groups is 3. The summed E-state index contributed by atoms with van der Waals surface area (Å²) in [6.45, 7) is 5.40. The van der Waals surface area contributed by atoms with Gasteiger partial charge in [-0.3, -0.25) is 14.6 Å². The lowest BCUT2D eigenvalue weighted by Crippen LogP contribution is -2.55. The molecule has 1 N–H and O–H groups in total. The van der Waals surface area contributed by atoms with Gasteiger partial charge in [-0.15, -0.1) is 0 Å². The molecule has 1 saturated carbocycles. The van der Waals surface area contributed by atoms with E-state index >= 15 is 0 Å². The first-order valence-corrected chi connectivity index (χ1v) is 16.2. The summed E-state index contributed by atoms with van der Waals surface area (Å²) in [5, 5.41) is -0.728. The van der Waals surface area contributed by atoms with Crippen molar-refractivity contribution < 1.29 is 37.0 Å². The summed E-state index contributed by atoms with van der Waals surface area (Å²) in [7, 11) is -2.36. The van der Waals surface area contributed by atoms with Crippen LogP contribution >= 0.6 is 0 Å². The zero-order valence-corrected chi connectivity index (χ0v) is 25.0. The highest BCUT2D eigenvalue weighted by Crippen LogP contribution is 2.42. The number of methoxy groups -OCH3 is 1. The highest BCUT2D eigenvalue weighted by atomic mass is 32.2. The van der Waals surface area contributed by atoms with Crippen molar-refractivity contribution in [3.63, 3.8) is 0 Å². The Morgan fingerprint density at radius 1 is 0.902 bits per heavy atom. The quantitative estimate of drug-likeness (QED) is 0.321. The molecule has 3 aliphatic rings. The maximum absolute atomic E-state index is 13.2. The zero-order chi connectivity index (χ0) is 29.6. The summed E-state index contributed by atoms with van der Waals surface area (Å²) in [6.07, 6.45) is 2.74. The first kappa shape index (κ1) is 31.2. The predicted molar refractivity (Wildman–Crippen MR) is 151 cm³/mol. The lowest BCUT2D eigenvalue weighted by molar-refractivity contribution is -0.153. The fourth-order valence-corrected chi connectivity index (χ4v) is 8.12. The molecule has 2 heterocycles. The summed E-state index contributed by atoms with van der Waals surface area (Å²) < 4.78 is 44.8. The van der Waals surface area contributed by atoms with Gasteiger partial charge in [0.15, 0.2) is 0 Å². The molecule has 228 valence electrons. The Balaban J connectivity index is 1.43. The first-order chi connectivity index (χ1) is 19.7. The van der Waals surface area contributed by atoms with Crippen molar-refractivity contribution in [2.45, 2.75) is 69.8 Å². The third kappa shape index (κ3) is 7.58. The molecule has 12 heteroatoms. The van der Waals surface area contributed by atoms with Gasteiger partial charge in [0.25, 0.3) is 0 Å². The molecule has 6 atom stereocenters. The highest BCUT2D eigenvalue weighted by Gasteiger charge is 2.47. The normalized spacial score (nSPS) is 28.5. The van der Waals surface area contributed by atoms with Gasteiger partial charge >= 0.3 is 18.0 Å². The second-order valence-electron chi connectivity index (χ2n) is 11.3. The fraction of sp³-hybridized carbons (Fsp3) is 0.690. The maximum atomic E-state index is 13.2. The number of hydrogen-bond acceptors (Lipinski definition) is 9. The molecule has 6 unspecified atom stereocenters. The van der Waals surface area contributed by atoms with Crippen molar-refractivity contribution in [1.29, 1.82) is 0 Å². The zero-order valence-electron chi connectivity index (χ0n) is 24.2. The van der Waals surface area contributed by atoms with Gasteiger partial charge in [-0.25, -0.2) is 22.7 Å². The Labute approximate surface area is 242 Å². The third-order valence-electron chi connectivity index (χ3n) is 8.73. The Hall–Kier alpha value is -2.70. The molecule has 0 bridgehead atoms. The van der Waals surface area contributed by atoms with E-state index in [1.54, 1.807) is 13.8 Å². The molecule has 2 aliphatic heterocycles. The van der Waals surface area contributed by atoms with Crippen LogP contribution in [0.15, 0.2) is 30.3 Å². The van der Waals surface area contributed by atoms with Crippen LogP contribution in [0.5, 0.6) is 0 Å². The topological polar surface area (TPSA) is 132 Å². The van der Waals surface area contributed by atoms with Crippen molar-refractivity contribution in [3.8, 4) is 0 Å². The number of nitrogens with one attached hydrogen (secondary N) is 1. The van der Waals surface area contributed by atoms with Gasteiger partial charge in [0.05, 0.1) is 25.6 Å². The van der Waals surface area contributed by atoms with Gasteiger partial charge in [-0.05, 0) is 69.3 Å². The number of esters is 2. The minimum absolute atomic E-state index is 0.181. The number of ether oxygens (including phenoxy) is 3. The van der Waals surface area contributed by atoms with Crippen molar-refractivity contribution in [3.05, 3.63) is 35.9 Å². The van der Waals surface area contributed by atoms with Crippen molar-refractivity contribution >= 4 is 28.1 Å². The molecule has 3 fully saturated rings. The van der Waals surface area contributed by atoms with Crippen LogP contribution in [0.25, 0.3) is 0 Å². The van der Waals surface area contributed by atoms with Gasteiger partial charge in [0, 0.05) is 26.2 Å². The van der Waals surface area contributed by atoms with E-state index in [0.29, 0.717) is 19.5 Å². The van der Waals surface area contributed by atoms with E-state index in [0.717, 1.165) is 24.8 Å². The van der Waals surface area contributed by atoms with Gasteiger partial charge in [0.2, 0.25) is 10.0 Å². The molecule has 11 nitrogen and oxygen atoms in total. The lowest BCUT2D eigenvalue weighted by Gasteiger charge is -2.46. The average Bonchev–Trinajstić information content (AvgIpc) is 3.40. The number of sulfonamides is 1. The number of fused-ring (bicyclic) bond motifs is 1. The van der Waals surface area contributed by atoms with E-state index in [2.05, 4.69) is 4.72 Å². The molecule has 0 radical (unpaired) electrons. The molecule has 0 aromatic heterocycles. The number of hydrogen-bond donors (Lipinski definition) is 1. The van der Waals surface area contributed by atoms with E-state index in [1.165, 1.54) is 12.0 Å². The van der Waals surface area contributed by atoms with Crippen molar-refractivity contribution in [1.82, 2.24) is 14.5 Å². The van der Waals surface area contributed by atoms with Crippen LogP contribution < -0.4 is 4.72 Å². The molecular formula is C29H43N3O8S. The maximum Gasteiger partial charge on any atom is 0.410 e. The first-order valence-electron chi connectivity index (χ1n) is 14.6. The van der Waals surface area contributed by atoms with Gasteiger partial charge < -0.3 is 14.2 Å². The SMILES string of the molecule is CCOC(=O)C1CC(S(=O)(=O)NCc2ccccc2)CN1CC1CCC2CN(C(=O)OC)C(C(=O)OCC)CC2C1. The molecular weight excluding hydrogens is 550 g/mol. The van der Waals surface area contributed by atoms with Crippen molar-refractivity contribution in [2.75, 3.05) is 40.0 Å². The van der Waals surface area contributed by atoms with Crippen molar-refractivity contribution in [2.24, 2.45) is 17.8 Å². The summed E-state index contributed by atoms with van der Waals surface area (Å²) in [5.41, 5.74) is 0.865. The summed E-state index contributed by atoms with van der Waals surface area (Å²) >= 11 is 0. The highest BCUT2D eigenvalue weighted by molar-refractivity contribution is 7.90. The van der Waals surface area contributed by atoms with E-state index in [1.807, 2.05) is 35.2 Å². The minimum Gasteiger partial charge on any atom is -0.465 e. The Morgan fingerprint density at radius 2 is 1.59 bits per heavy atom. The van der Waals surface area contributed by atoms with E-state index in [9.17, 15) is 22.8 Å². The van der Waals surface area contributed by atoms with Crippen LogP contribution in [0.4, 0.5) is 4.79 Å². The molecule has 1 aromatic carbocycles. The monoisotopic (exact) mass is 593 g/mol. The fourth-order valence-electron chi connectivity index (χ4n) is 6.69. The molecule has 1 aromatic rings.